The lowest BCUT2D eigenvalue weighted by molar-refractivity contribution is -0.180. The first-order valence-corrected chi connectivity index (χ1v) is 6.53. The van der Waals surface area contributed by atoms with Gasteiger partial charge in [-0.25, -0.2) is 9.59 Å². The molecule has 0 fully saturated rings. The fraction of sp³-hybridized carbons (Fsp3) is 0.571. The molecule has 0 amide bonds. The summed E-state index contributed by atoms with van der Waals surface area (Å²) >= 11 is 0. The van der Waals surface area contributed by atoms with E-state index in [2.05, 4.69) is 13.2 Å². The summed E-state index contributed by atoms with van der Waals surface area (Å²) in [6.45, 7) is 9.63. The number of ether oxygens (including phenoxy) is 5. The Bertz CT molecular complexity index is 327. The van der Waals surface area contributed by atoms with Crippen molar-refractivity contribution in [1.29, 1.82) is 0 Å². The summed E-state index contributed by atoms with van der Waals surface area (Å²) in [5, 5.41) is 0. The molecule has 1 atom stereocenters. The van der Waals surface area contributed by atoms with Gasteiger partial charge in [-0.2, -0.15) is 0 Å². The minimum atomic E-state index is -0.576. The average molecular weight is 302 g/mol. The summed E-state index contributed by atoms with van der Waals surface area (Å²) in [7, 11) is 0. The number of rotatable bonds is 13. The molecule has 0 N–H and O–H groups in total. The van der Waals surface area contributed by atoms with Gasteiger partial charge in [-0.3, -0.25) is 0 Å². The van der Waals surface area contributed by atoms with Crippen LogP contribution in [0.2, 0.25) is 0 Å². The van der Waals surface area contributed by atoms with Crippen molar-refractivity contribution in [3.05, 3.63) is 25.3 Å². The molecule has 0 bridgehead atoms. The Balaban J connectivity index is 3.70. The molecular formula is C14H22O7. The summed E-state index contributed by atoms with van der Waals surface area (Å²) in [6.07, 6.45) is 1.58. The molecule has 0 rings (SSSR count). The minimum Gasteiger partial charge on any atom is -0.460 e. The Morgan fingerprint density at radius 3 is 2.05 bits per heavy atom. The number of carbonyl (C=O) groups is 2. The van der Waals surface area contributed by atoms with Crippen molar-refractivity contribution in [3.63, 3.8) is 0 Å². The van der Waals surface area contributed by atoms with Gasteiger partial charge in [-0.15, -0.1) is 0 Å². The lowest BCUT2D eigenvalue weighted by Gasteiger charge is -2.17. The van der Waals surface area contributed by atoms with E-state index >= 15 is 0 Å². The van der Waals surface area contributed by atoms with E-state index in [9.17, 15) is 9.59 Å². The second-order valence-electron chi connectivity index (χ2n) is 3.57. The van der Waals surface area contributed by atoms with Gasteiger partial charge < -0.3 is 23.7 Å². The summed E-state index contributed by atoms with van der Waals surface area (Å²) in [5.41, 5.74) is 0. The van der Waals surface area contributed by atoms with Crippen molar-refractivity contribution >= 4 is 11.9 Å². The van der Waals surface area contributed by atoms with Crippen LogP contribution in [0.3, 0.4) is 0 Å². The third-order valence-electron chi connectivity index (χ3n) is 2.04. The van der Waals surface area contributed by atoms with E-state index in [1.807, 2.05) is 6.92 Å². The lowest BCUT2D eigenvalue weighted by atomic mass is 10.6. The van der Waals surface area contributed by atoms with Crippen molar-refractivity contribution in [1.82, 2.24) is 0 Å². The predicted octanol–water partition coefficient (Wildman–Crippen LogP) is 0.841. The average Bonchev–Trinajstić information content (AvgIpc) is 2.50. The van der Waals surface area contributed by atoms with Gasteiger partial charge in [-0.05, 0) is 6.92 Å². The van der Waals surface area contributed by atoms with Crippen LogP contribution in [0, 0.1) is 0 Å². The molecule has 7 nitrogen and oxygen atoms in total. The van der Waals surface area contributed by atoms with Crippen LogP contribution in [0.25, 0.3) is 0 Å². The molecular weight excluding hydrogens is 280 g/mol. The molecule has 0 aromatic rings. The zero-order chi connectivity index (χ0) is 15.9. The third-order valence-corrected chi connectivity index (χ3v) is 2.04. The molecule has 21 heavy (non-hydrogen) atoms. The van der Waals surface area contributed by atoms with E-state index in [0.717, 1.165) is 12.2 Å². The van der Waals surface area contributed by atoms with Crippen LogP contribution < -0.4 is 0 Å². The van der Waals surface area contributed by atoms with Gasteiger partial charge in [-0.1, -0.05) is 13.2 Å². The van der Waals surface area contributed by atoms with E-state index in [0.29, 0.717) is 6.61 Å². The van der Waals surface area contributed by atoms with E-state index < -0.39 is 18.2 Å². The second-order valence-corrected chi connectivity index (χ2v) is 3.57. The van der Waals surface area contributed by atoms with Crippen molar-refractivity contribution in [2.24, 2.45) is 0 Å². The predicted molar refractivity (Wildman–Crippen MR) is 74.5 cm³/mol. The summed E-state index contributed by atoms with van der Waals surface area (Å²) in [4.78, 5) is 21.6. The topological polar surface area (TPSA) is 80.3 Å². The van der Waals surface area contributed by atoms with Crippen LogP contribution in [0.4, 0.5) is 0 Å². The highest BCUT2D eigenvalue weighted by atomic mass is 16.7. The number of carbonyl (C=O) groups excluding carboxylic acids is 2. The normalized spacial score (nSPS) is 11.5. The molecule has 0 aliphatic heterocycles. The van der Waals surface area contributed by atoms with E-state index in [1.165, 1.54) is 0 Å². The van der Waals surface area contributed by atoms with Gasteiger partial charge in [0, 0.05) is 18.8 Å². The van der Waals surface area contributed by atoms with Crippen molar-refractivity contribution in [2.75, 3.05) is 39.6 Å². The summed E-state index contributed by atoms with van der Waals surface area (Å²) < 4.78 is 25.4. The van der Waals surface area contributed by atoms with Gasteiger partial charge in [0.2, 0.25) is 0 Å². The monoisotopic (exact) mass is 302 g/mol. The molecule has 0 aromatic heterocycles. The Morgan fingerprint density at radius 2 is 1.52 bits per heavy atom. The first kappa shape index (κ1) is 19.3. The molecule has 0 heterocycles. The van der Waals surface area contributed by atoms with Crippen LogP contribution in [0.15, 0.2) is 25.3 Å². The van der Waals surface area contributed by atoms with E-state index in [-0.39, 0.29) is 33.0 Å². The SMILES string of the molecule is C=CC(=O)OCCOCC(OCC)OCCOC(=O)C=C. The summed E-state index contributed by atoms with van der Waals surface area (Å²) in [6, 6.07) is 0. The zero-order valence-corrected chi connectivity index (χ0v) is 12.2. The summed E-state index contributed by atoms with van der Waals surface area (Å²) in [5.74, 6) is -1.01. The van der Waals surface area contributed by atoms with Crippen molar-refractivity contribution < 1.29 is 33.3 Å². The maximum Gasteiger partial charge on any atom is 0.330 e. The van der Waals surface area contributed by atoms with Crippen LogP contribution in [0.1, 0.15) is 6.92 Å². The highest BCUT2D eigenvalue weighted by Crippen LogP contribution is 1.97. The van der Waals surface area contributed by atoms with Crippen molar-refractivity contribution in [2.45, 2.75) is 13.2 Å². The highest BCUT2D eigenvalue weighted by molar-refractivity contribution is 5.81. The second kappa shape index (κ2) is 13.3. The molecule has 1 unspecified atom stereocenters. The fourth-order valence-corrected chi connectivity index (χ4v) is 1.15. The van der Waals surface area contributed by atoms with E-state index in [1.54, 1.807) is 0 Å². The zero-order valence-electron chi connectivity index (χ0n) is 12.2. The van der Waals surface area contributed by atoms with E-state index in [4.69, 9.17) is 23.7 Å². The molecule has 7 heteroatoms. The Kier molecular flexibility index (Phi) is 12.2. The number of esters is 2. The highest BCUT2D eigenvalue weighted by Gasteiger charge is 2.09. The number of hydrogen-bond donors (Lipinski definition) is 0. The molecule has 120 valence electrons. The quantitative estimate of drug-likeness (QED) is 0.216. The van der Waals surface area contributed by atoms with Crippen LogP contribution >= 0.6 is 0 Å². The molecule has 0 radical (unpaired) electrons. The molecule has 0 saturated carbocycles. The van der Waals surface area contributed by atoms with Crippen molar-refractivity contribution in [3.8, 4) is 0 Å². The third kappa shape index (κ3) is 11.8. The van der Waals surface area contributed by atoms with Crippen LogP contribution in [0.5, 0.6) is 0 Å². The first-order valence-electron chi connectivity index (χ1n) is 6.53. The van der Waals surface area contributed by atoms with Gasteiger partial charge >= 0.3 is 11.9 Å². The largest absolute Gasteiger partial charge is 0.460 e. The lowest BCUT2D eigenvalue weighted by Crippen LogP contribution is -2.26. The fourth-order valence-electron chi connectivity index (χ4n) is 1.15. The van der Waals surface area contributed by atoms with Gasteiger partial charge in [0.15, 0.2) is 6.29 Å². The number of hydrogen-bond acceptors (Lipinski definition) is 7. The molecule has 0 saturated heterocycles. The standard InChI is InChI=1S/C14H22O7/c1-4-12(15)19-8-7-17-11-14(18-6-3)21-10-9-20-13(16)5-2/h4-5,14H,1-2,6-11H2,3H3. The molecule has 0 spiro atoms. The molecule has 0 aliphatic rings. The molecule has 0 aliphatic carbocycles. The smallest absolute Gasteiger partial charge is 0.330 e. The van der Waals surface area contributed by atoms with Gasteiger partial charge in [0.25, 0.3) is 0 Å². The maximum absolute atomic E-state index is 10.8. The van der Waals surface area contributed by atoms with Crippen LogP contribution in [-0.2, 0) is 33.3 Å². The van der Waals surface area contributed by atoms with Crippen LogP contribution in [-0.4, -0.2) is 57.9 Å². The Hall–Kier alpha value is -1.70. The molecule has 0 aromatic carbocycles. The van der Waals surface area contributed by atoms with Gasteiger partial charge in [0.1, 0.15) is 13.2 Å². The maximum atomic E-state index is 10.8. The first-order chi connectivity index (χ1) is 10.1. The Labute approximate surface area is 124 Å². The minimum absolute atomic E-state index is 0.103. The van der Waals surface area contributed by atoms with Gasteiger partial charge in [0.05, 0.1) is 19.8 Å². The Morgan fingerprint density at radius 1 is 0.952 bits per heavy atom.